The van der Waals surface area contributed by atoms with Gasteiger partial charge in [0.2, 0.25) is 0 Å². The van der Waals surface area contributed by atoms with Crippen molar-refractivity contribution in [2.75, 3.05) is 5.32 Å². The van der Waals surface area contributed by atoms with Gasteiger partial charge in [0.25, 0.3) is 5.91 Å². The molecule has 2 aromatic rings. The number of halogens is 2. The first-order chi connectivity index (χ1) is 8.60. The molecule has 1 aromatic carbocycles. The van der Waals surface area contributed by atoms with E-state index in [-0.39, 0.29) is 5.91 Å². The second-order valence-corrected chi connectivity index (χ2v) is 5.18. The third kappa shape index (κ3) is 2.82. The minimum atomic E-state index is -0.349. The number of thiophene rings is 1. The summed E-state index contributed by atoms with van der Waals surface area (Å²) in [6.07, 6.45) is 0. The van der Waals surface area contributed by atoms with Crippen LogP contribution >= 0.6 is 34.5 Å². The standard InChI is InChI=1S/C12H6Cl2N2OS/c13-9-3-8(4-10(14)5-9)11(17)16-12-7(6-15)1-2-18-12/h1-5H,(H,16,17). The van der Waals surface area contributed by atoms with E-state index in [1.807, 2.05) is 6.07 Å². The van der Waals surface area contributed by atoms with Crippen LogP contribution in [0.15, 0.2) is 29.6 Å². The number of hydrogen-bond acceptors (Lipinski definition) is 3. The molecule has 6 heteroatoms. The van der Waals surface area contributed by atoms with Crippen molar-refractivity contribution in [1.29, 1.82) is 5.26 Å². The maximum absolute atomic E-state index is 12.0. The quantitative estimate of drug-likeness (QED) is 0.904. The van der Waals surface area contributed by atoms with Gasteiger partial charge < -0.3 is 5.32 Å². The summed E-state index contributed by atoms with van der Waals surface area (Å²) in [5.74, 6) is -0.349. The van der Waals surface area contributed by atoms with Gasteiger partial charge in [-0.25, -0.2) is 0 Å². The third-order valence-corrected chi connectivity index (χ3v) is 3.40. The smallest absolute Gasteiger partial charge is 0.256 e. The summed E-state index contributed by atoms with van der Waals surface area (Å²) in [4.78, 5) is 12.0. The lowest BCUT2D eigenvalue weighted by Crippen LogP contribution is -2.11. The molecule has 1 heterocycles. The Morgan fingerprint density at radius 3 is 2.56 bits per heavy atom. The maximum Gasteiger partial charge on any atom is 0.256 e. The molecule has 0 saturated carbocycles. The van der Waals surface area contributed by atoms with Crippen molar-refractivity contribution in [2.45, 2.75) is 0 Å². The fourth-order valence-electron chi connectivity index (χ4n) is 1.35. The predicted octanol–water partition coefficient (Wildman–Crippen LogP) is 4.18. The Hall–Kier alpha value is -1.54. The number of carbonyl (C=O) groups is 1. The molecule has 0 spiro atoms. The minimum absolute atomic E-state index is 0.349. The van der Waals surface area contributed by atoms with Crippen LogP contribution in [-0.2, 0) is 0 Å². The van der Waals surface area contributed by atoms with Crippen molar-refractivity contribution in [3.8, 4) is 6.07 Å². The SMILES string of the molecule is N#Cc1ccsc1NC(=O)c1cc(Cl)cc(Cl)c1. The first-order valence-electron chi connectivity index (χ1n) is 4.85. The predicted molar refractivity (Wildman–Crippen MR) is 73.4 cm³/mol. The van der Waals surface area contributed by atoms with E-state index in [9.17, 15) is 4.79 Å². The number of amides is 1. The highest BCUT2D eigenvalue weighted by molar-refractivity contribution is 7.14. The van der Waals surface area contributed by atoms with Crippen LogP contribution in [-0.4, -0.2) is 5.91 Å². The summed E-state index contributed by atoms with van der Waals surface area (Å²) in [5, 5.41) is 14.5. The van der Waals surface area contributed by atoms with Gasteiger partial charge in [0.15, 0.2) is 0 Å². The maximum atomic E-state index is 12.0. The van der Waals surface area contributed by atoms with Crippen molar-refractivity contribution in [1.82, 2.24) is 0 Å². The van der Waals surface area contributed by atoms with Crippen LogP contribution in [0.2, 0.25) is 10.0 Å². The van der Waals surface area contributed by atoms with Crippen molar-refractivity contribution in [3.05, 3.63) is 50.8 Å². The number of hydrogen-bond donors (Lipinski definition) is 1. The molecule has 90 valence electrons. The number of nitriles is 1. The Labute approximate surface area is 118 Å². The Balaban J connectivity index is 2.25. The molecule has 1 amide bonds. The molecular weight excluding hydrogens is 291 g/mol. The topological polar surface area (TPSA) is 52.9 Å². The number of anilines is 1. The summed E-state index contributed by atoms with van der Waals surface area (Å²) >= 11 is 12.9. The molecule has 0 atom stereocenters. The fourth-order valence-corrected chi connectivity index (χ4v) is 2.61. The van der Waals surface area contributed by atoms with Crippen LogP contribution < -0.4 is 5.32 Å². The van der Waals surface area contributed by atoms with Crippen molar-refractivity contribution >= 4 is 45.4 Å². The van der Waals surface area contributed by atoms with E-state index in [1.165, 1.54) is 23.5 Å². The van der Waals surface area contributed by atoms with Crippen LogP contribution in [0.1, 0.15) is 15.9 Å². The number of carbonyl (C=O) groups excluding carboxylic acids is 1. The van der Waals surface area contributed by atoms with E-state index < -0.39 is 0 Å². The lowest BCUT2D eigenvalue weighted by Gasteiger charge is -2.04. The molecule has 2 rings (SSSR count). The number of benzene rings is 1. The summed E-state index contributed by atoms with van der Waals surface area (Å²) < 4.78 is 0. The number of rotatable bonds is 2. The zero-order valence-electron chi connectivity index (χ0n) is 8.91. The van der Waals surface area contributed by atoms with Crippen LogP contribution in [0, 0.1) is 11.3 Å². The Morgan fingerprint density at radius 1 is 1.28 bits per heavy atom. The summed E-state index contributed by atoms with van der Waals surface area (Å²) in [5.41, 5.74) is 0.784. The highest BCUT2D eigenvalue weighted by Gasteiger charge is 2.11. The average Bonchev–Trinajstić information content (AvgIpc) is 2.75. The van der Waals surface area contributed by atoms with E-state index in [4.69, 9.17) is 28.5 Å². The lowest BCUT2D eigenvalue weighted by molar-refractivity contribution is 0.102. The van der Waals surface area contributed by atoms with Gasteiger partial charge >= 0.3 is 0 Å². The Morgan fingerprint density at radius 2 is 1.94 bits per heavy atom. The molecule has 0 saturated heterocycles. The van der Waals surface area contributed by atoms with Crippen LogP contribution in [0.3, 0.4) is 0 Å². The molecule has 0 aliphatic rings. The Bertz CT molecular complexity index is 626. The second kappa shape index (κ2) is 5.40. The molecule has 1 N–H and O–H groups in total. The van der Waals surface area contributed by atoms with Crippen molar-refractivity contribution in [3.63, 3.8) is 0 Å². The third-order valence-electron chi connectivity index (χ3n) is 2.14. The van der Waals surface area contributed by atoms with E-state index in [1.54, 1.807) is 17.5 Å². The molecule has 0 aliphatic carbocycles. The molecular formula is C12H6Cl2N2OS. The molecule has 18 heavy (non-hydrogen) atoms. The highest BCUT2D eigenvalue weighted by Crippen LogP contribution is 2.24. The number of nitrogens with zero attached hydrogens (tertiary/aromatic N) is 1. The van der Waals surface area contributed by atoms with Gasteiger partial charge in [0.1, 0.15) is 11.1 Å². The lowest BCUT2D eigenvalue weighted by atomic mass is 10.2. The first-order valence-corrected chi connectivity index (χ1v) is 6.49. The van der Waals surface area contributed by atoms with Gasteiger partial charge in [0, 0.05) is 15.6 Å². The summed E-state index contributed by atoms with van der Waals surface area (Å²) in [6, 6.07) is 8.22. The van der Waals surface area contributed by atoms with E-state index in [0.29, 0.717) is 26.2 Å². The zero-order valence-corrected chi connectivity index (χ0v) is 11.2. The summed E-state index contributed by atoms with van der Waals surface area (Å²) in [7, 11) is 0. The molecule has 0 radical (unpaired) electrons. The van der Waals surface area contributed by atoms with Gasteiger partial charge in [-0.05, 0) is 29.6 Å². The monoisotopic (exact) mass is 296 g/mol. The molecule has 0 unspecified atom stereocenters. The van der Waals surface area contributed by atoms with Crippen molar-refractivity contribution < 1.29 is 4.79 Å². The minimum Gasteiger partial charge on any atom is -0.312 e. The van der Waals surface area contributed by atoms with Gasteiger partial charge in [-0.1, -0.05) is 23.2 Å². The largest absolute Gasteiger partial charge is 0.312 e. The molecule has 0 aliphatic heterocycles. The van der Waals surface area contributed by atoms with E-state index in [0.717, 1.165) is 0 Å². The van der Waals surface area contributed by atoms with E-state index >= 15 is 0 Å². The van der Waals surface area contributed by atoms with Gasteiger partial charge in [0.05, 0.1) is 5.56 Å². The number of nitrogens with one attached hydrogen (secondary N) is 1. The van der Waals surface area contributed by atoms with Crippen LogP contribution in [0.25, 0.3) is 0 Å². The average molecular weight is 297 g/mol. The molecule has 1 aromatic heterocycles. The molecule has 0 fully saturated rings. The van der Waals surface area contributed by atoms with E-state index in [2.05, 4.69) is 5.32 Å². The van der Waals surface area contributed by atoms with Gasteiger partial charge in [-0.15, -0.1) is 11.3 Å². The van der Waals surface area contributed by atoms with Crippen molar-refractivity contribution in [2.24, 2.45) is 0 Å². The molecule has 3 nitrogen and oxygen atoms in total. The first kappa shape index (κ1) is 12.9. The van der Waals surface area contributed by atoms with Crippen LogP contribution in [0.4, 0.5) is 5.00 Å². The molecule has 0 bridgehead atoms. The second-order valence-electron chi connectivity index (χ2n) is 3.39. The summed E-state index contributed by atoms with van der Waals surface area (Å²) in [6.45, 7) is 0. The highest BCUT2D eigenvalue weighted by atomic mass is 35.5. The Kier molecular flexibility index (Phi) is 3.87. The normalized spacial score (nSPS) is 9.83. The van der Waals surface area contributed by atoms with Gasteiger partial charge in [-0.3, -0.25) is 4.79 Å². The van der Waals surface area contributed by atoms with Crippen LogP contribution in [0.5, 0.6) is 0 Å². The fraction of sp³-hybridized carbons (Fsp3) is 0. The zero-order chi connectivity index (χ0) is 13.1. The van der Waals surface area contributed by atoms with Gasteiger partial charge in [-0.2, -0.15) is 5.26 Å².